The van der Waals surface area contributed by atoms with Crippen molar-refractivity contribution in [3.8, 4) is 22.6 Å². The predicted molar refractivity (Wildman–Crippen MR) is 108 cm³/mol. The summed E-state index contributed by atoms with van der Waals surface area (Å²) >= 11 is 0. The van der Waals surface area contributed by atoms with Gasteiger partial charge < -0.3 is 14.6 Å². The van der Waals surface area contributed by atoms with Gasteiger partial charge in [-0.2, -0.15) is 4.57 Å². The minimum atomic E-state index is -1.62. The minimum Gasteiger partial charge on any atom is -0.497 e. The van der Waals surface area contributed by atoms with Gasteiger partial charge in [-0.15, -0.1) is 0 Å². The van der Waals surface area contributed by atoms with Crippen LogP contribution >= 0.6 is 0 Å². The smallest absolute Gasteiger partial charge is 0.337 e. The van der Waals surface area contributed by atoms with Crippen LogP contribution in [0.4, 0.5) is 13.2 Å². The number of rotatable bonds is 4. The molecule has 0 bridgehead atoms. The second kappa shape index (κ2) is 7.46. The number of pyridine rings is 1. The molecule has 0 spiro atoms. The van der Waals surface area contributed by atoms with Crippen LogP contribution in [0.3, 0.4) is 0 Å². The van der Waals surface area contributed by atoms with Gasteiger partial charge in [0.25, 0.3) is 0 Å². The van der Waals surface area contributed by atoms with E-state index in [4.69, 9.17) is 9.47 Å². The van der Waals surface area contributed by atoms with Gasteiger partial charge in [0.05, 0.1) is 31.2 Å². The Kier molecular flexibility index (Phi) is 4.93. The van der Waals surface area contributed by atoms with Crippen LogP contribution in [-0.4, -0.2) is 25.3 Å². The van der Waals surface area contributed by atoms with E-state index < -0.39 is 23.4 Å². The van der Waals surface area contributed by atoms with Crippen molar-refractivity contribution in [2.75, 3.05) is 14.2 Å². The van der Waals surface area contributed by atoms with Crippen LogP contribution in [0.15, 0.2) is 42.5 Å². The van der Waals surface area contributed by atoms with E-state index in [1.54, 1.807) is 35.9 Å². The first-order valence-electron chi connectivity index (χ1n) is 9.17. The molecule has 0 atom stereocenters. The van der Waals surface area contributed by atoms with Crippen molar-refractivity contribution >= 4 is 27.8 Å². The summed E-state index contributed by atoms with van der Waals surface area (Å²) in [4.78, 5) is 12.3. The molecule has 4 rings (SSSR count). The van der Waals surface area contributed by atoms with Gasteiger partial charge >= 0.3 is 5.97 Å². The molecule has 4 aromatic rings. The monoisotopic (exact) mass is 428 g/mol. The molecule has 158 valence electrons. The lowest BCUT2D eigenvalue weighted by Gasteiger charge is -2.15. The number of halogens is 3. The number of ether oxygens (including phenoxy) is 2. The number of aromatic carboxylic acids is 1. The van der Waals surface area contributed by atoms with Crippen LogP contribution in [0.5, 0.6) is 11.5 Å². The molecule has 0 unspecified atom stereocenters. The fourth-order valence-corrected chi connectivity index (χ4v) is 3.87. The van der Waals surface area contributed by atoms with Gasteiger partial charge in [0.15, 0.2) is 17.5 Å². The molecular weight excluding hydrogens is 411 g/mol. The van der Waals surface area contributed by atoms with Gasteiger partial charge in [-0.05, 0) is 30.3 Å². The number of hydrogen-bond acceptors (Lipinski definition) is 3. The normalized spacial score (nSPS) is 11.2. The lowest BCUT2D eigenvalue weighted by atomic mass is 9.95. The minimum absolute atomic E-state index is 0.0353. The molecule has 0 amide bonds. The highest BCUT2D eigenvalue weighted by molar-refractivity contribution is 6.15. The summed E-state index contributed by atoms with van der Waals surface area (Å²) in [6.07, 6.45) is 0. The molecule has 0 aliphatic carbocycles. The standard InChI is InChI=1S/C23H16F3NO4/c1-27-16-9-7-13(12-6-8-15(24)21(26)20(12)25)22(31-3)19(16)18(23(28)29)14-5-4-11(30-2)10-17(14)27/h4-10H,1-3H3/p+1. The summed E-state index contributed by atoms with van der Waals surface area (Å²) in [6, 6.07) is 9.91. The third-order valence-electron chi connectivity index (χ3n) is 5.33. The van der Waals surface area contributed by atoms with Crippen LogP contribution < -0.4 is 14.0 Å². The number of aryl methyl sites for hydroxylation is 1. The third-order valence-corrected chi connectivity index (χ3v) is 5.33. The van der Waals surface area contributed by atoms with Crippen molar-refractivity contribution in [1.82, 2.24) is 0 Å². The van der Waals surface area contributed by atoms with Crippen LogP contribution in [0.2, 0.25) is 0 Å². The SMILES string of the molecule is COc1ccc2c(C(=O)O)c3c(OC)c(-c4ccc(F)c(F)c4F)ccc3[n+](C)c2c1. The number of aromatic nitrogens is 1. The van der Waals surface area contributed by atoms with Gasteiger partial charge in [-0.1, -0.05) is 0 Å². The largest absolute Gasteiger partial charge is 0.497 e. The summed E-state index contributed by atoms with van der Waals surface area (Å²) in [5, 5.41) is 10.6. The highest BCUT2D eigenvalue weighted by atomic mass is 19.2. The Hall–Kier alpha value is -3.81. The zero-order chi connectivity index (χ0) is 22.4. The van der Waals surface area contributed by atoms with Gasteiger partial charge in [-0.25, -0.2) is 18.0 Å². The number of methoxy groups -OCH3 is 2. The lowest BCUT2D eigenvalue weighted by Crippen LogP contribution is -2.31. The fraction of sp³-hybridized carbons (Fsp3) is 0.130. The number of carbonyl (C=O) groups is 1. The van der Waals surface area contributed by atoms with Gasteiger partial charge in [-0.3, -0.25) is 0 Å². The number of hydrogen-bond donors (Lipinski definition) is 1. The van der Waals surface area contributed by atoms with E-state index >= 15 is 0 Å². The summed E-state index contributed by atoms with van der Waals surface area (Å²) in [5.74, 6) is -4.96. The fourth-order valence-electron chi connectivity index (χ4n) is 3.87. The maximum absolute atomic E-state index is 14.5. The second-order valence-electron chi connectivity index (χ2n) is 6.89. The van der Waals surface area contributed by atoms with Gasteiger partial charge in [0, 0.05) is 17.2 Å². The number of fused-ring (bicyclic) bond motifs is 2. The first-order chi connectivity index (χ1) is 14.8. The van der Waals surface area contributed by atoms with Gasteiger partial charge in [0.1, 0.15) is 23.9 Å². The molecular formula is C23H17F3NO4+. The summed E-state index contributed by atoms with van der Waals surface area (Å²) < 4.78 is 54.3. The van der Waals surface area contributed by atoms with Crippen molar-refractivity contribution in [3.63, 3.8) is 0 Å². The van der Waals surface area contributed by atoms with E-state index in [0.717, 1.165) is 12.1 Å². The molecule has 0 fully saturated rings. The van der Waals surface area contributed by atoms with E-state index in [2.05, 4.69) is 0 Å². The van der Waals surface area contributed by atoms with Crippen molar-refractivity contribution in [2.24, 2.45) is 7.05 Å². The van der Waals surface area contributed by atoms with Crippen LogP contribution in [0, 0.1) is 17.5 Å². The molecule has 0 saturated heterocycles. The van der Waals surface area contributed by atoms with Crippen molar-refractivity contribution < 1.29 is 37.1 Å². The van der Waals surface area contributed by atoms with Gasteiger partial charge in [0.2, 0.25) is 11.0 Å². The van der Waals surface area contributed by atoms with Crippen LogP contribution in [-0.2, 0) is 7.05 Å². The van der Waals surface area contributed by atoms with E-state index in [0.29, 0.717) is 22.2 Å². The maximum Gasteiger partial charge on any atom is 0.337 e. The molecule has 5 nitrogen and oxygen atoms in total. The highest BCUT2D eigenvalue weighted by Gasteiger charge is 2.28. The second-order valence-corrected chi connectivity index (χ2v) is 6.89. The Morgan fingerprint density at radius 1 is 0.903 bits per heavy atom. The third kappa shape index (κ3) is 3.02. The highest BCUT2D eigenvalue weighted by Crippen LogP contribution is 2.41. The van der Waals surface area contributed by atoms with E-state index in [9.17, 15) is 23.1 Å². The molecule has 8 heteroatoms. The average molecular weight is 428 g/mol. The lowest BCUT2D eigenvalue weighted by molar-refractivity contribution is -0.617. The first kappa shape index (κ1) is 20.5. The molecule has 1 aromatic heterocycles. The molecule has 31 heavy (non-hydrogen) atoms. The average Bonchev–Trinajstić information content (AvgIpc) is 2.76. The van der Waals surface area contributed by atoms with Crippen LogP contribution in [0.25, 0.3) is 32.9 Å². The van der Waals surface area contributed by atoms with E-state index in [1.165, 1.54) is 20.3 Å². The zero-order valence-corrected chi connectivity index (χ0v) is 16.8. The predicted octanol–water partition coefficient (Wildman–Crippen LogP) is 4.62. The Morgan fingerprint density at radius 3 is 2.26 bits per heavy atom. The topological polar surface area (TPSA) is 59.6 Å². The van der Waals surface area contributed by atoms with Crippen molar-refractivity contribution in [1.29, 1.82) is 0 Å². The van der Waals surface area contributed by atoms with Crippen LogP contribution in [0.1, 0.15) is 10.4 Å². The Bertz CT molecular complexity index is 1390. The molecule has 3 aromatic carbocycles. The Labute approximate surface area is 174 Å². The summed E-state index contributed by atoms with van der Waals surface area (Å²) in [6.45, 7) is 0. The molecule has 1 N–H and O–H groups in total. The summed E-state index contributed by atoms with van der Waals surface area (Å²) in [7, 11) is 4.55. The number of carboxylic acids is 1. The number of carboxylic acid groups (broad SMARTS) is 1. The van der Waals surface area contributed by atoms with Crippen molar-refractivity contribution in [3.05, 3.63) is 65.5 Å². The Morgan fingerprint density at radius 2 is 1.61 bits per heavy atom. The maximum atomic E-state index is 14.5. The number of nitrogens with zero attached hydrogens (tertiary/aromatic N) is 1. The summed E-state index contributed by atoms with van der Waals surface area (Å²) in [5.41, 5.74) is 0.875. The van der Waals surface area contributed by atoms with E-state index in [1.807, 2.05) is 0 Å². The molecule has 0 radical (unpaired) electrons. The molecule has 0 aliphatic heterocycles. The molecule has 0 aliphatic rings. The molecule has 0 saturated carbocycles. The quantitative estimate of drug-likeness (QED) is 0.293. The van der Waals surface area contributed by atoms with E-state index in [-0.39, 0.29) is 27.8 Å². The van der Waals surface area contributed by atoms with Crippen molar-refractivity contribution in [2.45, 2.75) is 0 Å². The molecule has 1 heterocycles. The zero-order valence-electron chi connectivity index (χ0n) is 16.8. The first-order valence-corrected chi connectivity index (χ1v) is 9.17. The Balaban J connectivity index is 2.20. The number of benzene rings is 3.